The van der Waals surface area contributed by atoms with Crippen LogP contribution in [0.5, 0.6) is 11.5 Å². The van der Waals surface area contributed by atoms with Crippen molar-refractivity contribution in [1.82, 2.24) is 0 Å². The minimum Gasteiger partial charge on any atom is -0.497 e. The lowest BCUT2D eigenvalue weighted by molar-refractivity contribution is -0.139. The summed E-state index contributed by atoms with van der Waals surface area (Å²) in [7, 11) is 1.64. The van der Waals surface area contributed by atoms with E-state index in [1.807, 2.05) is 60.7 Å². The predicted octanol–water partition coefficient (Wildman–Crippen LogP) is 6.97. The Hall–Kier alpha value is -3.60. The van der Waals surface area contributed by atoms with E-state index < -0.39 is 0 Å². The lowest BCUT2D eigenvalue weighted by atomic mass is 9.87. The molecule has 0 bridgehead atoms. The molecule has 0 aromatic heterocycles. The van der Waals surface area contributed by atoms with Gasteiger partial charge >= 0.3 is 5.97 Å². The summed E-state index contributed by atoms with van der Waals surface area (Å²) in [6.45, 7) is 6.30. The molecule has 190 valence electrons. The second kappa shape index (κ2) is 14.1. The summed E-state index contributed by atoms with van der Waals surface area (Å²) in [4.78, 5) is 24.4. The van der Waals surface area contributed by atoms with Crippen LogP contribution in [0.15, 0.2) is 71.8 Å². The summed E-state index contributed by atoms with van der Waals surface area (Å²) in [6, 6.07) is 15.6. The zero-order valence-corrected chi connectivity index (χ0v) is 21.4. The van der Waals surface area contributed by atoms with Gasteiger partial charge in [-0.15, -0.1) is 0 Å². The molecule has 0 spiro atoms. The first kappa shape index (κ1) is 27.0. The highest BCUT2D eigenvalue weighted by molar-refractivity contribution is 6.13. The molecule has 1 saturated carbocycles. The molecule has 0 N–H and O–H groups in total. The van der Waals surface area contributed by atoms with Crippen LogP contribution in [0.2, 0.25) is 0 Å². The van der Waals surface area contributed by atoms with Crippen molar-refractivity contribution >= 4 is 23.9 Å². The number of hydrogen-bond donors (Lipinski definition) is 0. The van der Waals surface area contributed by atoms with Gasteiger partial charge in [0, 0.05) is 16.7 Å². The van der Waals surface area contributed by atoms with E-state index in [0.717, 1.165) is 78.7 Å². The highest BCUT2D eigenvalue weighted by Gasteiger charge is 2.20. The Kier molecular flexibility index (Phi) is 10.6. The minimum atomic E-state index is -0.323. The fourth-order valence-corrected chi connectivity index (χ4v) is 3.98. The number of ether oxygens (including phenoxy) is 3. The quantitative estimate of drug-likeness (QED) is 0.183. The molecule has 1 fully saturated rings. The molecule has 0 amide bonds. The summed E-state index contributed by atoms with van der Waals surface area (Å²) in [6.07, 6.45) is 10.3. The molecule has 5 heteroatoms. The van der Waals surface area contributed by atoms with E-state index in [9.17, 15) is 9.59 Å². The number of rotatable bonds is 12. The minimum absolute atomic E-state index is 0.131. The Morgan fingerprint density at radius 1 is 0.833 bits per heavy atom. The number of hydrogen-bond acceptors (Lipinski definition) is 5. The van der Waals surface area contributed by atoms with Crippen LogP contribution in [0.1, 0.15) is 63.0 Å². The smallest absolute Gasteiger partial charge is 0.333 e. The molecule has 36 heavy (non-hydrogen) atoms. The van der Waals surface area contributed by atoms with Crippen LogP contribution in [0.4, 0.5) is 0 Å². The number of benzene rings is 2. The monoisotopic (exact) mass is 488 g/mol. The highest BCUT2D eigenvalue weighted by atomic mass is 16.5. The average molecular weight is 489 g/mol. The van der Waals surface area contributed by atoms with Gasteiger partial charge in [0.25, 0.3) is 0 Å². The second-order valence-corrected chi connectivity index (χ2v) is 9.04. The Bertz CT molecular complexity index is 1090. The zero-order valence-electron chi connectivity index (χ0n) is 21.4. The van der Waals surface area contributed by atoms with Crippen LogP contribution in [-0.2, 0) is 14.3 Å². The standard InChI is InChI=1S/C31H36O5/c1-23(2)31(33)36-20-7-5-4-6-19-35-29-17-13-25(14-18-29)22-27-10-8-9-26(30(27)32)21-24-11-15-28(34-3)16-12-24/h11-18,21-22H,1,4-10,19-20H2,2-3H3/b26-21-,27-22-. The third-order valence-electron chi connectivity index (χ3n) is 6.04. The molecule has 1 aliphatic rings. The molecule has 2 aromatic rings. The van der Waals surface area contributed by atoms with Crippen LogP contribution < -0.4 is 9.47 Å². The van der Waals surface area contributed by atoms with E-state index in [2.05, 4.69) is 6.58 Å². The highest BCUT2D eigenvalue weighted by Crippen LogP contribution is 2.29. The van der Waals surface area contributed by atoms with Gasteiger partial charge in [-0.3, -0.25) is 4.79 Å². The summed E-state index contributed by atoms with van der Waals surface area (Å²) in [5.74, 6) is 1.43. The van der Waals surface area contributed by atoms with Gasteiger partial charge in [0.1, 0.15) is 11.5 Å². The number of ketones is 1. The molecule has 0 aliphatic heterocycles. The number of Topliss-reactive ketones (excluding diaryl/α,β-unsaturated/α-hetero) is 1. The largest absolute Gasteiger partial charge is 0.497 e. The Balaban J connectivity index is 1.44. The van der Waals surface area contributed by atoms with Crippen LogP contribution >= 0.6 is 0 Å². The number of unbranched alkanes of at least 4 members (excludes halogenated alkanes) is 3. The Morgan fingerprint density at radius 3 is 1.89 bits per heavy atom. The van der Waals surface area contributed by atoms with Crippen LogP contribution in [0.3, 0.4) is 0 Å². The van der Waals surface area contributed by atoms with Gasteiger partial charge in [-0.05, 0) is 99.4 Å². The molecule has 0 heterocycles. The molecule has 0 radical (unpaired) electrons. The van der Waals surface area contributed by atoms with Gasteiger partial charge in [-0.25, -0.2) is 4.79 Å². The van der Waals surface area contributed by atoms with Gasteiger partial charge in [0.15, 0.2) is 5.78 Å². The first-order chi connectivity index (χ1) is 17.5. The van der Waals surface area contributed by atoms with Crippen molar-refractivity contribution in [2.45, 2.75) is 51.9 Å². The normalized spacial score (nSPS) is 15.7. The molecule has 1 aliphatic carbocycles. The molecule has 0 unspecified atom stereocenters. The maximum atomic E-state index is 13.0. The lowest BCUT2D eigenvalue weighted by Gasteiger charge is -2.16. The van der Waals surface area contributed by atoms with Gasteiger partial charge in [-0.1, -0.05) is 30.8 Å². The van der Waals surface area contributed by atoms with Crippen molar-refractivity contribution in [2.75, 3.05) is 20.3 Å². The fourth-order valence-electron chi connectivity index (χ4n) is 3.98. The van der Waals surface area contributed by atoms with Gasteiger partial charge in [0.05, 0.1) is 20.3 Å². The van der Waals surface area contributed by atoms with Crippen LogP contribution in [0, 0.1) is 0 Å². The number of methoxy groups -OCH3 is 1. The van der Waals surface area contributed by atoms with Gasteiger partial charge in [-0.2, -0.15) is 0 Å². The number of carbonyl (C=O) groups is 2. The number of esters is 1. The van der Waals surface area contributed by atoms with Crippen molar-refractivity contribution in [3.05, 3.63) is 83.0 Å². The summed E-state index contributed by atoms with van der Waals surface area (Å²) >= 11 is 0. The number of allylic oxidation sites excluding steroid dienone is 2. The van der Waals surface area contributed by atoms with E-state index in [-0.39, 0.29) is 11.8 Å². The van der Waals surface area contributed by atoms with Crippen molar-refractivity contribution in [2.24, 2.45) is 0 Å². The molecule has 3 rings (SSSR count). The maximum absolute atomic E-state index is 13.0. The van der Waals surface area contributed by atoms with Crippen molar-refractivity contribution in [3.63, 3.8) is 0 Å². The van der Waals surface area contributed by atoms with Crippen molar-refractivity contribution in [3.8, 4) is 11.5 Å². The van der Waals surface area contributed by atoms with E-state index in [1.54, 1.807) is 14.0 Å². The SMILES string of the molecule is C=C(C)C(=O)OCCCCCCOc1ccc(/C=C2/CCC/C(=C/c3ccc(OC)cc3)C2=O)cc1. The lowest BCUT2D eigenvalue weighted by Crippen LogP contribution is -2.12. The number of carbonyl (C=O) groups excluding carboxylic acids is 2. The average Bonchev–Trinajstić information content (AvgIpc) is 2.89. The topological polar surface area (TPSA) is 61.8 Å². The van der Waals surface area contributed by atoms with Crippen molar-refractivity contribution in [1.29, 1.82) is 0 Å². The van der Waals surface area contributed by atoms with Crippen LogP contribution in [-0.4, -0.2) is 32.1 Å². The maximum Gasteiger partial charge on any atom is 0.333 e. The molecule has 5 nitrogen and oxygen atoms in total. The first-order valence-corrected chi connectivity index (χ1v) is 12.6. The molecule has 2 aromatic carbocycles. The van der Waals surface area contributed by atoms with E-state index in [4.69, 9.17) is 14.2 Å². The summed E-state index contributed by atoms with van der Waals surface area (Å²) < 4.78 is 16.1. The van der Waals surface area contributed by atoms with Crippen LogP contribution in [0.25, 0.3) is 12.2 Å². The van der Waals surface area contributed by atoms with Crippen molar-refractivity contribution < 1.29 is 23.8 Å². The second-order valence-electron chi connectivity index (χ2n) is 9.04. The molecular weight excluding hydrogens is 452 g/mol. The third kappa shape index (κ3) is 8.56. The summed E-state index contributed by atoms with van der Waals surface area (Å²) in [5, 5.41) is 0. The van der Waals surface area contributed by atoms with E-state index in [1.165, 1.54) is 0 Å². The first-order valence-electron chi connectivity index (χ1n) is 12.6. The molecule has 0 saturated heterocycles. The van der Waals surface area contributed by atoms with Gasteiger partial charge < -0.3 is 14.2 Å². The molecule has 0 atom stereocenters. The Labute approximate surface area is 214 Å². The third-order valence-corrected chi connectivity index (χ3v) is 6.04. The van der Waals surface area contributed by atoms with Gasteiger partial charge in [0.2, 0.25) is 0 Å². The van der Waals surface area contributed by atoms with E-state index in [0.29, 0.717) is 18.8 Å². The fraction of sp³-hybridized carbons (Fsp3) is 0.355. The summed E-state index contributed by atoms with van der Waals surface area (Å²) in [5.41, 5.74) is 4.14. The van der Waals surface area contributed by atoms with E-state index >= 15 is 0 Å². The molecular formula is C31H36O5. The zero-order chi connectivity index (χ0) is 25.8. The Morgan fingerprint density at radius 2 is 1.36 bits per heavy atom. The predicted molar refractivity (Wildman–Crippen MR) is 144 cm³/mol.